The number of thiazole rings is 1. The van der Waals surface area contributed by atoms with E-state index < -0.39 is 23.7 Å². The highest BCUT2D eigenvalue weighted by Crippen LogP contribution is 2.35. The maximum atomic E-state index is 13.0. The molecule has 0 fully saturated rings. The average molecular weight is 543 g/mol. The number of aromatic nitrogens is 1. The van der Waals surface area contributed by atoms with E-state index in [1.54, 1.807) is 32.9 Å². The van der Waals surface area contributed by atoms with Crippen LogP contribution in [0.15, 0.2) is 41.8 Å². The van der Waals surface area contributed by atoms with Crippen molar-refractivity contribution in [2.24, 2.45) is 5.92 Å². The summed E-state index contributed by atoms with van der Waals surface area (Å²) >= 11 is 7.89. The molecule has 36 heavy (non-hydrogen) atoms. The van der Waals surface area contributed by atoms with Crippen LogP contribution in [-0.2, 0) is 22.6 Å². The van der Waals surface area contributed by atoms with Gasteiger partial charge in [0.05, 0.1) is 29.8 Å². The van der Waals surface area contributed by atoms with E-state index >= 15 is 0 Å². The van der Waals surface area contributed by atoms with Gasteiger partial charge in [-0.2, -0.15) is 13.2 Å². The maximum absolute atomic E-state index is 13.0. The molecule has 1 aromatic carbocycles. The van der Waals surface area contributed by atoms with Crippen molar-refractivity contribution in [3.8, 4) is 5.75 Å². The van der Waals surface area contributed by atoms with Gasteiger partial charge in [-0.05, 0) is 63.9 Å². The van der Waals surface area contributed by atoms with Gasteiger partial charge in [0.15, 0.2) is 5.60 Å². The molecule has 1 aromatic heterocycles. The highest BCUT2D eigenvalue weighted by atomic mass is 35.5. The van der Waals surface area contributed by atoms with E-state index in [0.29, 0.717) is 36.0 Å². The molecule has 0 N–H and O–H groups in total. The SMILES string of the molecule is CCOC(=O)C(C)(C)Oc1ccc(CN(C)Cc2nc(C3=CCCC(C(F)(F)F)C=C3)cs2)cc1Cl. The Morgan fingerprint density at radius 3 is 2.69 bits per heavy atom. The van der Waals surface area contributed by atoms with Crippen LogP contribution in [0.4, 0.5) is 13.2 Å². The summed E-state index contributed by atoms with van der Waals surface area (Å²) in [5.74, 6) is -1.50. The third-order valence-electron chi connectivity index (χ3n) is 5.60. The zero-order valence-corrected chi connectivity index (χ0v) is 22.3. The minimum Gasteiger partial charge on any atom is -0.475 e. The Hall–Kier alpha value is -2.36. The Morgan fingerprint density at radius 1 is 1.28 bits per heavy atom. The molecule has 1 aliphatic carbocycles. The number of esters is 1. The molecule has 0 aliphatic heterocycles. The molecule has 10 heteroatoms. The molecule has 5 nitrogen and oxygen atoms in total. The van der Waals surface area contributed by atoms with E-state index in [0.717, 1.165) is 16.1 Å². The van der Waals surface area contributed by atoms with Crippen LogP contribution in [0, 0.1) is 5.92 Å². The van der Waals surface area contributed by atoms with Crippen molar-refractivity contribution in [2.45, 2.75) is 58.5 Å². The molecule has 0 radical (unpaired) electrons. The van der Waals surface area contributed by atoms with Gasteiger partial charge in [0.25, 0.3) is 0 Å². The summed E-state index contributed by atoms with van der Waals surface area (Å²) in [5, 5.41) is 3.13. The van der Waals surface area contributed by atoms with E-state index in [9.17, 15) is 18.0 Å². The van der Waals surface area contributed by atoms with Crippen LogP contribution in [0.25, 0.3) is 5.57 Å². The normalized spacial score (nSPS) is 16.6. The smallest absolute Gasteiger partial charge is 0.395 e. The van der Waals surface area contributed by atoms with Crippen molar-refractivity contribution in [1.82, 2.24) is 9.88 Å². The molecule has 0 bridgehead atoms. The third kappa shape index (κ3) is 7.57. The zero-order chi connectivity index (χ0) is 26.5. The number of nitrogens with zero attached hydrogens (tertiary/aromatic N) is 2. The van der Waals surface area contributed by atoms with Crippen molar-refractivity contribution >= 4 is 34.5 Å². The van der Waals surface area contributed by atoms with Crippen LogP contribution >= 0.6 is 22.9 Å². The van der Waals surface area contributed by atoms with Crippen molar-refractivity contribution < 1.29 is 27.4 Å². The van der Waals surface area contributed by atoms with Crippen molar-refractivity contribution in [2.75, 3.05) is 13.7 Å². The molecule has 0 amide bonds. The summed E-state index contributed by atoms with van der Waals surface area (Å²) in [7, 11) is 1.95. The molecule has 1 unspecified atom stereocenters. The Labute approximate surface area is 218 Å². The highest BCUT2D eigenvalue weighted by molar-refractivity contribution is 7.09. The second kappa shape index (κ2) is 11.8. The zero-order valence-electron chi connectivity index (χ0n) is 20.7. The lowest BCUT2D eigenvalue weighted by Gasteiger charge is -2.25. The fourth-order valence-electron chi connectivity index (χ4n) is 3.73. The van der Waals surface area contributed by atoms with Gasteiger partial charge in [0.2, 0.25) is 0 Å². The Morgan fingerprint density at radius 2 is 2.03 bits per heavy atom. The minimum atomic E-state index is -4.22. The number of carbonyl (C=O) groups is 1. The number of hydrogen-bond donors (Lipinski definition) is 0. The Bertz CT molecular complexity index is 1130. The first-order valence-electron chi connectivity index (χ1n) is 11.6. The van der Waals surface area contributed by atoms with Crippen molar-refractivity contribution in [3.63, 3.8) is 0 Å². The summed E-state index contributed by atoms with van der Waals surface area (Å²) in [5.41, 5.74) is 1.19. The minimum absolute atomic E-state index is 0.0515. The molecule has 0 saturated carbocycles. The van der Waals surface area contributed by atoms with E-state index in [1.807, 2.05) is 24.6 Å². The first-order valence-corrected chi connectivity index (χ1v) is 12.9. The third-order valence-corrected chi connectivity index (χ3v) is 6.73. The van der Waals surface area contributed by atoms with Gasteiger partial charge in [-0.15, -0.1) is 11.3 Å². The second-order valence-corrected chi connectivity index (χ2v) is 10.5. The number of carbonyl (C=O) groups excluding carboxylic acids is 1. The predicted molar refractivity (Wildman–Crippen MR) is 136 cm³/mol. The first kappa shape index (κ1) is 28.2. The van der Waals surface area contributed by atoms with Gasteiger partial charge >= 0.3 is 12.1 Å². The lowest BCUT2D eigenvalue weighted by atomic mass is 10.0. The van der Waals surface area contributed by atoms with Gasteiger partial charge in [-0.3, -0.25) is 4.90 Å². The standard InChI is InChI=1S/C26H30ClF3N2O3S/c1-5-34-24(33)25(2,3)35-22-12-9-17(13-20(22)27)14-32(4)15-23-31-21(16-36-23)18-7-6-8-19(11-10-18)26(28,29)30/h7,9-13,16,19H,5-6,8,14-15H2,1-4H3. The Balaban J connectivity index is 1.60. The van der Waals surface area contributed by atoms with Crippen LogP contribution in [0.5, 0.6) is 5.75 Å². The molecule has 3 rings (SSSR count). The summed E-state index contributed by atoms with van der Waals surface area (Å²) in [4.78, 5) is 18.8. The fraction of sp³-hybridized carbons (Fsp3) is 0.462. The number of allylic oxidation sites excluding steroid dienone is 4. The molecule has 0 spiro atoms. The molecule has 196 valence electrons. The number of hydrogen-bond acceptors (Lipinski definition) is 6. The van der Waals surface area contributed by atoms with Gasteiger partial charge < -0.3 is 9.47 Å². The molecule has 0 saturated heterocycles. The molecule has 2 aromatic rings. The number of halogens is 4. The van der Waals surface area contributed by atoms with E-state index in [1.165, 1.54) is 23.5 Å². The van der Waals surface area contributed by atoms with E-state index in [-0.39, 0.29) is 13.0 Å². The predicted octanol–water partition coefficient (Wildman–Crippen LogP) is 7.06. The van der Waals surface area contributed by atoms with Crippen LogP contribution in [0.3, 0.4) is 0 Å². The Kier molecular flexibility index (Phi) is 9.24. The molecule has 1 heterocycles. The van der Waals surface area contributed by atoms with Crippen molar-refractivity contribution in [1.29, 1.82) is 0 Å². The lowest BCUT2D eigenvalue weighted by Crippen LogP contribution is -2.39. The summed E-state index contributed by atoms with van der Waals surface area (Å²) in [6, 6.07) is 5.40. The maximum Gasteiger partial charge on any atom is 0.395 e. The molecule has 1 aliphatic rings. The lowest BCUT2D eigenvalue weighted by molar-refractivity contribution is -0.162. The quantitative estimate of drug-likeness (QED) is 0.317. The second-order valence-electron chi connectivity index (χ2n) is 9.14. The van der Waals surface area contributed by atoms with E-state index in [2.05, 4.69) is 9.88 Å². The van der Waals surface area contributed by atoms with Gasteiger partial charge in [-0.25, -0.2) is 9.78 Å². The molecular formula is C26H30ClF3N2O3S. The average Bonchev–Trinajstić information content (AvgIpc) is 3.08. The fourth-order valence-corrected chi connectivity index (χ4v) is 4.85. The highest BCUT2D eigenvalue weighted by Gasteiger charge is 2.37. The van der Waals surface area contributed by atoms with Gasteiger partial charge in [0, 0.05) is 11.9 Å². The van der Waals surface area contributed by atoms with Crippen LogP contribution in [0.1, 0.15) is 49.9 Å². The molecular weight excluding hydrogens is 513 g/mol. The summed E-state index contributed by atoms with van der Waals surface area (Å²) in [6.07, 6.45) is 0.768. The topological polar surface area (TPSA) is 51.7 Å². The number of rotatable bonds is 9. The summed E-state index contributed by atoms with van der Waals surface area (Å²) in [6.45, 7) is 6.40. The van der Waals surface area contributed by atoms with Crippen molar-refractivity contribution in [3.05, 3.63) is 63.1 Å². The molecule has 1 atom stereocenters. The largest absolute Gasteiger partial charge is 0.475 e. The number of benzene rings is 1. The van der Waals surface area contributed by atoms with Crippen LogP contribution < -0.4 is 4.74 Å². The van der Waals surface area contributed by atoms with E-state index in [4.69, 9.17) is 21.1 Å². The monoisotopic (exact) mass is 542 g/mol. The van der Waals surface area contributed by atoms with Gasteiger partial charge in [-0.1, -0.05) is 35.9 Å². The first-order chi connectivity index (χ1) is 16.9. The van der Waals surface area contributed by atoms with Crippen LogP contribution in [0.2, 0.25) is 5.02 Å². The number of ether oxygens (including phenoxy) is 2. The summed E-state index contributed by atoms with van der Waals surface area (Å²) < 4.78 is 49.9. The van der Waals surface area contributed by atoms with Crippen LogP contribution in [-0.4, -0.2) is 41.3 Å². The van der Waals surface area contributed by atoms with Gasteiger partial charge in [0.1, 0.15) is 10.8 Å². The number of alkyl halides is 3.